The molecule has 0 heterocycles. The van der Waals surface area contributed by atoms with Crippen LogP contribution in [0.25, 0.3) is 0 Å². The molecule has 0 bridgehead atoms. The molecular formula is C14H17ClF4N2. The molecule has 0 spiro atoms. The summed E-state index contributed by atoms with van der Waals surface area (Å²) in [5, 5.41) is 3.31. The summed E-state index contributed by atoms with van der Waals surface area (Å²) in [6.45, 7) is 0.186. The van der Waals surface area contributed by atoms with Crippen molar-refractivity contribution in [1.29, 1.82) is 0 Å². The molecule has 1 saturated carbocycles. The van der Waals surface area contributed by atoms with Crippen molar-refractivity contribution >= 4 is 17.3 Å². The molecule has 0 aliphatic heterocycles. The summed E-state index contributed by atoms with van der Waals surface area (Å²) < 4.78 is 51.5. The van der Waals surface area contributed by atoms with Crippen LogP contribution in [-0.2, 0) is 0 Å². The van der Waals surface area contributed by atoms with Crippen LogP contribution in [0.1, 0.15) is 25.7 Å². The summed E-state index contributed by atoms with van der Waals surface area (Å²) in [7, 11) is 0. The molecule has 0 aromatic heterocycles. The van der Waals surface area contributed by atoms with Gasteiger partial charge in [-0.15, -0.1) is 0 Å². The maximum atomic E-state index is 13.3. The molecule has 2 rings (SSSR count). The maximum absolute atomic E-state index is 13.3. The summed E-state index contributed by atoms with van der Waals surface area (Å²) in [6, 6.07) is 3.97. The predicted octanol–water partition coefficient (Wildman–Crippen LogP) is 4.34. The fraction of sp³-hybridized carbons (Fsp3) is 0.571. The number of hydrogen-bond donors (Lipinski definition) is 2. The van der Waals surface area contributed by atoms with Crippen molar-refractivity contribution in [3.63, 3.8) is 0 Å². The van der Waals surface area contributed by atoms with Crippen LogP contribution in [-0.4, -0.2) is 18.3 Å². The van der Waals surface area contributed by atoms with Crippen molar-refractivity contribution in [3.05, 3.63) is 29.0 Å². The molecule has 118 valence electrons. The molecule has 0 amide bonds. The molecule has 1 aliphatic carbocycles. The van der Waals surface area contributed by atoms with Crippen molar-refractivity contribution in [2.24, 2.45) is 11.7 Å². The normalized spacial score (nSPS) is 26.7. The zero-order valence-corrected chi connectivity index (χ0v) is 12.1. The van der Waals surface area contributed by atoms with Crippen molar-refractivity contribution in [1.82, 2.24) is 0 Å². The second-order valence-electron chi connectivity index (χ2n) is 5.58. The fourth-order valence-corrected chi connectivity index (χ4v) is 3.03. The minimum Gasteiger partial charge on any atom is -0.378 e. The Morgan fingerprint density at radius 2 is 1.86 bits per heavy atom. The van der Waals surface area contributed by atoms with Gasteiger partial charge in [-0.2, -0.15) is 13.2 Å². The van der Waals surface area contributed by atoms with Crippen LogP contribution in [0.5, 0.6) is 0 Å². The van der Waals surface area contributed by atoms with Crippen LogP contribution in [0.4, 0.5) is 23.2 Å². The van der Waals surface area contributed by atoms with Crippen LogP contribution in [0.15, 0.2) is 18.2 Å². The summed E-state index contributed by atoms with van der Waals surface area (Å²) >= 11 is 5.78. The molecule has 1 aromatic carbocycles. The number of alkyl halides is 3. The van der Waals surface area contributed by atoms with E-state index >= 15 is 0 Å². The number of hydrogen-bond acceptors (Lipinski definition) is 2. The largest absolute Gasteiger partial charge is 0.391 e. The van der Waals surface area contributed by atoms with Crippen molar-refractivity contribution in [2.75, 3.05) is 11.9 Å². The van der Waals surface area contributed by atoms with Gasteiger partial charge in [-0.05, 0) is 43.9 Å². The van der Waals surface area contributed by atoms with Gasteiger partial charge < -0.3 is 11.1 Å². The van der Waals surface area contributed by atoms with E-state index in [4.69, 9.17) is 17.3 Å². The third-order valence-corrected chi connectivity index (χ3v) is 4.29. The molecule has 0 saturated heterocycles. The number of rotatable bonds is 3. The Morgan fingerprint density at radius 3 is 2.33 bits per heavy atom. The minimum atomic E-state index is -4.16. The highest BCUT2D eigenvalue weighted by atomic mass is 35.5. The van der Waals surface area contributed by atoms with Crippen LogP contribution < -0.4 is 11.1 Å². The van der Waals surface area contributed by atoms with Crippen molar-refractivity contribution in [3.8, 4) is 0 Å². The Morgan fingerprint density at radius 1 is 1.24 bits per heavy atom. The fourth-order valence-electron chi connectivity index (χ4n) is 2.81. The lowest BCUT2D eigenvalue weighted by Gasteiger charge is -2.41. The first-order valence-electron chi connectivity index (χ1n) is 6.75. The van der Waals surface area contributed by atoms with Gasteiger partial charge >= 0.3 is 6.18 Å². The van der Waals surface area contributed by atoms with Crippen LogP contribution in [0.2, 0.25) is 5.02 Å². The first-order valence-corrected chi connectivity index (χ1v) is 7.13. The lowest BCUT2D eigenvalue weighted by molar-refractivity contribution is -0.183. The van der Waals surface area contributed by atoms with E-state index in [0.717, 1.165) is 0 Å². The lowest BCUT2D eigenvalue weighted by Crippen LogP contribution is -2.49. The molecule has 1 aliphatic rings. The van der Waals surface area contributed by atoms with E-state index in [1.807, 2.05) is 0 Å². The molecule has 7 heteroatoms. The van der Waals surface area contributed by atoms with Crippen molar-refractivity contribution < 1.29 is 17.6 Å². The highest BCUT2D eigenvalue weighted by Gasteiger charge is 2.45. The molecule has 3 N–H and O–H groups in total. The highest BCUT2D eigenvalue weighted by molar-refractivity contribution is 6.30. The second-order valence-corrected chi connectivity index (χ2v) is 6.02. The number of benzene rings is 1. The van der Waals surface area contributed by atoms with Gasteiger partial charge in [-0.1, -0.05) is 11.6 Å². The Labute approximate surface area is 125 Å². The molecule has 0 unspecified atom stereocenters. The molecular weight excluding hydrogens is 308 g/mol. The molecule has 1 aromatic rings. The molecule has 0 atom stereocenters. The van der Waals surface area contributed by atoms with Gasteiger partial charge in [0.25, 0.3) is 0 Å². The molecule has 1 fully saturated rings. The number of anilines is 1. The van der Waals surface area contributed by atoms with Gasteiger partial charge in [-0.25, -0.2) is 4.39 Å². The monoisotopic (exact) mass is 324 g/mol. The first kappa shape index (κ1) is 16.4. The Kier molecular flexibility index (Phi) is 4.68. The predicted molar refractivity (Wildman–Crippen MR) is 74.8 cm³/mol. The van der Waals surface area contributed by atoms with Gasteiger partial charge in [0, 0.05) is 22.8 Å². The average molecular weight is 325 g/mol. The zero-order valence-electron chi connectivity index (χ0n) is 11.3. The Balaban J connectivity index is 2.10. The Bertz CT molecular complexity index is 476. The summed E-state index contributed by atoms with van der Waals surface area (Å²) in [4.78, 5) is 0. The van der Waals surface area contributed by atoms with Crippen LogP contribution in [0, 0.1) is 11.7 Å². The quantitative estimate of drug-likeness (QED) is 0.812. The van der Waals surface area contributed by atoms with Gasteiger partial charge in [0.15, 0.2) is 0 Å². The van der Waals surface area contributed by atoms with E-state index in [-0.39, 0.29) is 24.4 Å². The summed E-state index contributed by atoms with van der Waals surface area (Å²) in [5.41, 5.74) is 5.55. The first-order chi connectivity index (χ1) is 9.74. The SMILES string of the molecule is NCC1(Nc2cc(F)cc(Cl)c2)CCC(C(F)(F)F)CC1. The average Bonchev–Trinajstić information content (AvgIpc) is 2.37. The van der Waals surface area contributed by atoms with Crippen molar-refractivity contribution in [2.45, 2.75) is 37.4 Å². The minimum absolute atomic E-state index is 0.0246. The van der Waals surface area contributed by atoms with Crippen LogP contribution >= 0.6 is 11.6 Å². The standard InChI is InChI=1S/C14H17ClF4N2/c15-10-5-11(16)7-12(6-10)21-13(8-20)3-1-9(2-4-13)14(17,18)19/h5-7,9,21H,1-4,8,20H2. The van der Waals surface area contributed by atoms with E-state index in [2.05, 4.69) is 5.32 Å². The lowest BCUT2D eigenvalue weighted by atomic mass is 9.76. The second kappa shape index (κ2) is 6.01. The zero-order chi connectivity index (χ0) is 15.7. The number of halogens is 5. The van der Waals surface area contributed by atoms with Crippen LogP contribution in [0.3, 0.4) is 0 Å². The smallest absolute Gasteiger partial charge is 0.378 e. The topological polar surface area (TPSA) is 38.0 Å². The molecule has 0 radical (unpaired) electrons. The van der Waals surface area contributed by atoms with Gasteiger partial charge in [-0.3, -0.25) is 0 Å². The highest BCUT2D eigenvalue weighted by Crippen LogP contribution is 2.42. The summed E-state index contributed by atoms with van der Waals surface area (Å²) in [6.07, 6.45) is -3.53. The van der Waals surface area contributed by atoms with E-state index < -0.39 is 23.5 Å². The van der Waals surface area contributed by atoms with Gasteiger partial charge in [0.05, 0.1) is 5.92 Å². The molecule has 21 heavy (non-hydrogen) atoms. The maximum Gasteiger partial charge on any atom is 0.391 e. The third-order valence-electron chi connectivity index (χ3n) is 4.07. The van der Waals surface area contributed by atoms with E-state index in [1.54, 1.807) is 0 Å². The third kappa shape index (κ3) is 4.01. The summed E-state index contributed by atoms with van der Waals surface area (Å²) in [5.74, 6) is -1.78. The van der Waals surface area contributed by atoms with E-state index in [9.17, 15) is 17.6 Å². The van der Waals surface area contributed by atoms with Gasteiger partial charge in [0.2, 0.25) is 0 Å². The van der Waals surface area contributed by atoms with E-state index in [0.29, 0.717) is 18.5 Å². The number of nitrogens with two attached hydrogens (primary N) is 1. The van der Waals surface area contributed by atoms with Gasteiger partial charge in [0.1, 0.15) is 5.82 Å². The van der Waals surface area contributed by atoms with E-state index in [1.165, 1.54) is 18.2 Å². The Hall–Kier alpha value is -1.01. The molecule has 2 nitrogen and oxygen atoms in total. The number of nitrogens with one attached hydrogen (secondary N) is 1.